The monoisotopic (exact) mass is 400 g/mol. The maximum atomic E-state index is 13.8. The average molecular weight is 401 g/mol. The number of benzene rings is 2. The van der Waals surface area contributed by atoms with E-state index in [9.17, 15) is 9.18 Å². The highest BCUT2D eigenvalue weighted by molar-refractivity contribution is 14.1. The van der Waals surface area contributed by atoms with Gasteiger partial charge < -0.3 is 5.32 Å². The van der Waals surface area contributed by atoms with Crippen molar-refractivity contribution >= 4 is 56.5 Å². The summed E-state index contributed by atoms with van der Waals surface area (Å²) in [5.41, 5.74) is 1.04. The van der Waals surface area contributed by atoms with E-state index in [0.29, 0.717) is 11.4 Å². The van der Waals surface area contributed by atoms with Gasteiger partial charge in [-0.3, -0.25) is 4.79 Å². The van der Waals surface area contributed by atoms with Crippen LogP contribution in [0.3, 0.4) is 0 Å². The van der Waals surface area contributed by atoms with Crippen molar-refractivity contribution in [2.75, 3.05) is 5.32 Å². The highest BCUT2D eigenvalue weighted by atomic mass is 127. The van der Waals surface area contributed by atoms with Gasteiger partial charge in [-0.25, -0.2) is 9.24 Å². The molecule has 2 aromatic rings. The first-order valence-corrected chi connectivity index (χ1v) is 6.90. The number of halogens is 3. The van der Waals surface area contributed by atoms with Crippen LogP contribution in [0.15, 0.2) is 36.4 Å². The van der Waals surface area contributed by atoms with Crippen molar-refractivity contribution in [1.82, 2.24) is 0 Å². The van der Waals surface area contributed by atoms with E-state index in [4.69, 9.17) is 18.2 Å². The molecule has 0 spiro atoms. The molecular formula is C14H7ClFIN2O. The van der Waals surface area contributed by atoms with Gasteiger partial charge in [-0.2, -0.15) is 0 Å². The fourth-order valence-corrected chi connectivity index (χ4v) is 2.23. The molecule has 0 saturated carbocycles. The lowest BCUT2D eigenvalue weighted by Gasteiger charge is -2.11. The number of nitrogens with zero attached hydrogens (tertiary/aromatic N) is 1. The van der Waals surface area contributed by atoms with Crippen molar-refractivity contribution in [3.63, 3.8) is 0 Å². The molecule has 2 rings (SSSR count). The quantitative estimate of drug-likeness (QED) is 0.442. The molecule has 20 heavy (non-hydrogen) atoms. The van der Waals surface area contributed by atoms with Crippen LogP contribution in [0.25, 0.3) is 4.85 Å². The molecule has 6 heteroatoms. The molecule has 0 aliphatic heterocycles. The Hall–Kier alpha value is -1.65. The zero-order valence-corrected chi connectivity index (χ0v) is 12.9. The number of nitrogens with one attached hydrogen (secondary N) is 1. The van der Waals surface area contributed by atoms with E-state index in [0.717, 1.165) is 3.57 Å². The van der Waals surface area contributed by atoms with Crippen LogP contribution in [0.5, 0.6) is 0 Å². The molecule has 0 aliphatic rings. The number of anilines is 2. The van der Waals surface area contributed by atoms with E-state index in [-0.39, 0.29) is 11.3 Å². The van der Waals surface area contributed by atoms with Gasteiger partial charge in [0.05, 0.1) is 17.8 Å². The first-order valence-electron chi connectivity index (χ1n) is 5.44. The molecule has 0 heterocycles. The van der Waals surface area contributed by atoms with Gasteiger partial charge in [-0.15, -0.1) is 0 Å². The molecule has 0 fully saturated rings. The standard InChI is InChI=1S/C14H7ClFIN2O/c1-18-9-3-4-10(14(15)20)13(7-9)19-12-5-2-8(17)6-11(12)16/h2-7,19H. The van der Waals surface area contributed by atoms with Crippen LogP contribution in [0, 0.1) is 16.0 Å². The minimum absolute atomic E-state index is 0.192. The molecule has 0 aliphatic carbocycles. The second-order valence-corrected chi connectivity index (χ2v) is 5.45. The molecule has 0 amide bonds. The van der Waals surface area contributed by atoms with E-state index >= 15 is 0 Å². The lowest BCUT2D eigenvalue weighted by atomic mass is 10.1. The third kappa shape index (κ3) is 3.26. The van der Waals surface area contributed by atoms with Crippen LogP contribution in [0.4, 0.5) is 21.5 Å². The highest BCUT2D eigenvalue weighted by Crippen LogP contribution is 2.29. The van der Waals surface area contributed by atoms with Gasteiger partial charge in [0.25, 0.3) is 5.24 Å². The largest absolute Gasteiger partial charge is 0.354 e. The second-order valence-electron chi connectivity index (χ2n) is 3.86. The maximum Gasteiger partial charge on any atom is 0.254 e. The van der Waals surface area contributed by atoms with Crippen molar-refractivity contribution < 1.29 is 9.18 Å². The first kappa shape index (κ1) is 14.8. The van der Waals surface area contributed by atoms with Crippen molar-refractivity contribution in [3.8, 4) is 0 Å². The Morgan fingerprint density at radius 3 is 2.60 bits per heavy atom. The maximum absolute atomic E-state index is 13.8. The molecule has 2 aromatic carbocycles. The summed E-state index contributed by atoms with van der Waals surface area (Å²) >= 11 is 7.48. The smallest absolute Gasteiger partial charge is 0.254 e. The van der Waals surface area contributed by atoms with Gasteiger partial charge in [0.2, 0.25) is 0 Å². The summed E-state index contributed by atoms with van der Waals surface area (Å²) in [4.78, 5) is 14.6. The van der Waals surface area contributed by atoms with Crippen LogP contribution >= 0.6 is 34.2 Å². The van der Waals surface area contributed by atoms with Gasteiger partial charge >= 0.3 is 0 Å². The summed E-state index contributed by atoms with van der Waals surface area (Å²) in [5, 5.41) is 2.13. The van der Waals surface area contributed by atoms with E-state index in [1.807, 2.05) is 22.6 Å². The summed E-state index contributed by atoms with van der Waals surface area (Å²) < 4.78 is 14.6. The number of rotatable bonds is 3. The van der Waals surface area contributed by atoms with E-state index in [1.54, 1.807) is 12.1 Å². The molecule has 0 atom stereocenters. The van der Waals surface area contributed by atoms with Crippen LogP contribution in [-0.2, 0) is 0 Å². The van der Waals surface area contributed by atoms with Gasteiger partial charge in [-0.1, -0.05) is 12.1 Å². The van der Waals surface area contributed by atoms with Crippen LogP contribution in [0.1, 0.15) is 10.4 Å². The first-order chi connectivity index (χ1) is 9.51. The van der Waals surface area contributed by atoms with Crippen molar-refractivity contribution in [2.45, 2.75) is 0 Å². The fraction of sp³-hybridized carbons (Fsp3) is 0. The third-order valence-electron chi connectivity index (χ3n) is 2.54. The summed E-state index contributed by atoms with van der Waals surface area (Å²) in [5.74, 6) is -0.446. The normalized spacial score (nSPS) is 9.90. The van der Waals surface area contributed by atoms with E-state index in [1.165, 1.54) is 24.3 Å². The van der Waals surface area contributed by atoms with E-state index < -0.39 is 11.1 Å². The zero-order valence-electron chi connectivity index (χ0n) is 9.95. The number of hydrogen-bond donors (Lipinski definition) is 1. The SMILES string of the molecule is [C-]#[N+]c1ccc(C(=O)Cl)c(Nc2ccc(I)cc2F)c1. The molecule has 1 N–H and O–H groups in total. The summed E-state index contributed by atoms with van der Waals surface area (Å²) in [7, 11) is 0. The summed E-state index contributed by atoms with van der Waals surface area (Å²) in [6.45, 7) is 6.97. The molecular weight excluding hydrogens is 394 g/mol. The molecule has 0 saturated heterocycles. The average Bonchev–Trinajstić information content (AvgIpc) is 2.41. The number of carbonyl (C=O) groups is 1. The molecule has 0 unspecified atom stereocenters. The predicted molar refractivity (Wildman–Crippen MR) is 85.3 cm³/mol. The fourth-order valence-electron chi connectivity index (χ4n) is 1.61. The Morgan fingerprint density at radius 2 is 2.00 bits per heavy atom. The molecule has 0 radical (unpaired) electrons. The van der Waals surface area contributed by atoms with Crippen LogP contribution < -0.4 is 5.32 Å². The number of carbonyl (C=O) groups excluding carboxylic acids is 1. The van der Waals surface area contributed by atoms with Crippen molar-refractivity contribution in [1.29, 1.82) is 0 Å². The van der Waals surface area contributed by atoms with Gasteiger partial charge in [-0.05, 0) is 58.5 Å². The lowest BCUT2D eigenvalue weighted by molar-refractivity contribution is 0.108. The topological polar surface area (TPSA) is 33.5 Å². The lowest BCUT2D eigenvalue weighted by Crippen LogP contribution is -2.00. The Kier molecular flexibility index (Phi) is 4.57. The molecule has 0 aromatic heterocycles. The third-order valence-corrected chi connectivity index (χ3v) is 3.42. The van der Waals surface area contributed by atoms with Crippen molar-refractivity contribution in [3.05, 3.63) is 62.8 Å². The van der Waals surface area contributed by atoms with E-state index in [2.05, 4.69) is 10.2 Å². The summed E-state index contributed by atoms with van der Waals surface area (Å²) in [6.07, 6.45) is 0. The Balaban J connectivity index is 2.46. The minimum atomic E-state index is -0.671. The Bertz CT molecular complexity index is 728. The van der Waals surface area contributed by atoms with Crippen LogP contribution in [0.2, 0.25) is 0 Å². The Labute approximate surface area is 133 Å². The molecule has 3 nitrogen and oxygen atoms in total. The van der Waals surface area contributed by atoms with Gasteiger partial charge in [0, 0.05) is 9.26 Å². The predicted octanol–water partition coefficient (Wildman–Crippen LogP) is 5.10. The Morgan fingerprint density at radius 1 is 1.25 bits per heavy atom. The zero-order chi connectivity index (χ0) is 14.7. The van der Waals surface area contributed by atoms with Crippen molar-refractivity contribution in [2.24, 2.45) is 0 Å². The summed E-state index contributed by atoms with van der Waals surface area (Å²) in [6, 6.07) is 9.04. The van der Waals surface area contributed by atoms with Gasteiger partial charge in [0.1, 0.15) is 5.82 Å². The highest BCUT2D eigenvalue weighted by Gasteiger charge is 2.12. The minimum Gasteiger partial charge on any atom is -0.354 e. The molecule has 100 valence electrons. The second kappa shape index (κ2) is 6.20. The van der Waals surface area contributed by atoms with Gasteiger partial charge in [0.15, 0.2) is 5.69 Å². The van der Waals surface area contributed by atoms with Crippen LogP contribution in [-0.4, -0.2) is 5.24 Å². The molecule has 0 bridgehead atoms. The number of hydrogen-bond acceptors (Lipinski definition) is 2.